The van der Waals surface area contributed by atoms with Crippen molar-refractivity contribution in [3.63, 3.8) is 0 Å². The molecule has 1 aromatic carbocycles. The van der Waals surface area contributed by atoms with Crippen LogP contribution in [0.3, 0.4) is 0 Å². The first kappa shape index (κ1) is 29.0. The second-order valence-electron chi connectivity index (χ2n) is 8.55. The highest BCUT2D eigenvalue weighted by Gasteiger charge is 2.38. The number of benzene rings is 1. The lowest BCUT2D eigenvalue weighted by Crippen LogP contribution is -2.52. The van der Waals surface area contributed by atoms with E-state index in [1.807, 2.05) is 0 Å². The van der Waals surface area contributed by atoms with Gasteiger partial charge in [-0.3, -0.25) is 0 Å². The predicted octanol–water partition coefficient (Wildman–Crippen LogP) is 7.13. The molecule has 0 bridgehead atoms. The first-order valence-electron chi connectivity index (χ1n) is 10.3. The summed E-state index contributed by atoms with van der Waals surface area (Å²) in [5, 5.41) is 0. The Bertz CT molecular complexity index is 457. The Morgan fingerprint density at radius 2 is 0.963 bits per heavy atom. The quantitative estimate of drug-likeness (QED) is 0.430. The molecule has 0 N–H and O–H groups in total. The van der Waals surface area contributed by atoms with E-state index < -0.39 is 25.4 Å². The fraction of sp³-hybridized carbons (Fsp3) is 0.714. The molecule has 0 amide bonds. The van der Waals surface area contributed by atoms with Crippen molar-refractivity contribution in [3.8, 4) is 0 Å². The molecule has 0 heterocycles. The molecule has 27 heavy (non-hydrogen) atoms. The summed E-state index contributed by atoms with van der Waals surface area (Å²) in [5.74, 6) is 0. The van der Waals surface area contributed by atoms with Gasteiger partial charge in [0.2, 0.25) is 0 Å². The molecule has 0 unspecified atom stereocenters. The molecule has 1 aromatic rings. The van der Waals surface area contributed by atoms with Crippen molar-refractivity contribution in [2.45, 2.75) is 92.8 Å². The molecule has 160 valence electrons. The second kappa shape index (κ2) is 13.8. The largest absolute Gasteiger partial charge is 0.437 e. The van der Waals surface area contributed by atoms with Gasteiger partial charge in [0, 0.05) is 7.11 Å². The third-order valence-electron chi connectivity index (χ3n) is 3.37. The van der Waals surface area contributed by atoms with E-state index in [2.05, 4.69) is 97.8 Å². The molecule has 0 saturated heterocycles. The van der Waals surface area contributed by atoms with E-state index in [1.165, 1.54) is 17.5 Å². The van der Waals surface area contributed by atoms with E-state index in [1.54, 1.807) is 7.11 Å². The van der Waals surface area contributed by atoms with Crippen LogP contribution in [0.5, 0.6) is 0 Å². The smallest absolute Gasteiger partial charge is 0.322 e. The van der Waals surface area contributed by atoms with E-state index in [9.17, 15) is 0 Å². The maximum atomic E-state index is 6.07. The van der Waals surface area contributed by atoms with Gasteiger partial charge in [-0.1, -0.05) is 58.4 Å². The molecule has 0 fully saturated rings. The minimum absolute atomic E-state index is 1.14. The lowest BCUT2D eigenvalue weighted by atomic mass is 10.1. The highest BCUT2D eigenvalue weighted by Crippen LogP contribution is 2.20. The van der Waals surface area contributed by atoms with Crippen LogP contribution < -0.4 is 0 Å². The highest BCUT2D eigenvalue weighted by atomic mass is 28.5. The Balaban J connectivity index is 0. The van der Waals surface area contributed by atoms with E-state index in [4.69, 9.17) is 12.7 Å². The van der Waals surface area contributed by atoms with Gasteiger partial charge in [-0.2, -0.15) is 0 Å². The second-order valence-corrected chi connectivity index (χ2v) is 20.4. The van der Waals surface area contributed by atoms with Gasteiger partial charge in [0.15, 0.2) is 8.32 Å². The average molecular weight is 431 g/mol. The van der Waals surface area contributed by atoms with E-state index in [-0.39, 0.29) is 0 Å². The Morgan fingerprint density at radius 1 is 0.630 bits per heavy atom. The van der Waals surface area contributed by atoms with E-state index in [0.717, 1.165) is 12.8 Å². The lowest BCUT2D eigenvalue weighted by molar-refractivity contribution is 0.280. The molecule has 0 atom stereocenters. The highest BCUT2D eigenvalue weighted by molar-refractivity contribution is 6.85. The van der Waals surface area contributed by atoms with Crippen molar-refractivity contribution in [3.05, 3.63) is 35.4 Å². The third kappa shape index (κ3) is 17.6. The average Bonchev–Trinajstić information content (AvgIpc) is 2.53. The molecule has 0 saturated carbocycles. The van der Waals surface area contributed by atoms with Gasteiger partial charge in [-0.25, -0.2) is 0 Å². The molecule has 0 spiro atoms. The number of rotatable bonds is 7. The van der Waals surface area contributed by atoms with E-state index >= 15 is 0 Å². The summed E-state index contributed by atoms with van der Waals surface area (Å²) in [6.45, 7) is 23.5. The monoisotopic (exact) mass is 430 g/mol. The first-order chi connectivity index (χ1) is 12.3. The van der Waals surface area contributed by atoms with Gasteiger partial charge in [0.05, 0.1) is 0 Å². The summed E-state index contributed by atoms with van der Waals surface area (Å²) in [5.41, 5.74) is 2.86. The summed E-state index contributed by atoms with van der Waals surface area (Å²) in [4.78, 5) is 0. The van der Waals surface area contributed by atoms with Crippen LogP contribution >= 0.6 is 0 Å². The van der Waals surface area contributed by atoms with Crippen LogP contribution in [0.25, 0.3) is 0 Å². The molecule has 6 heteroatoms. The SMILES string of the molecule is CCC.CCc1ccc(CC)cc1.CO[Si](C)(C)O[Si](C)(C)O[Si](C)(C)C. The van der Waals surface area contributed by atoms with Gasteiger partial charge < -0.3 is 12.7 Å². The Morgan fingerprint density at radius 3 is 1.19 bits per heavy atom. The van der Waals surface area contributed by atoms with Crippen LogP contribution in [0.15, 0.2) is 24.3 Å². The normalized spacial score (nSPS) is 11.9. The van der Waals surface area contributed by atoms with Gasteiger partial charge in [0.25, 0.3) is 0 Å². The molecule has 3 nitrogen and oxygen atoms in total. The van der Waals surface area contributed by atoms with E-state index in [0.29, 0.717) is 0 Å². The zero-order chi connectivity index (χ0) is 21.7. The Labute approximate surface area is 173 Å². The maximum absolute atomic E-state index is 6.07. The van der Waals surface area contributed by atoms with Crippen LogP contribution in [0.2, 0.25) is 45.8 Å². The molecule has 0 radical (unpaired) electrons. The van der Waals surface area contributed by atoms with Gasteiger partial charge in [-0.05, 0) is 69.8 Å². The number of hydrogen-bond donors (Lipinski definition) is 0. The van der Waals surface area contributed by atoms with Crippen molar-refractivity contribution in [2.24, 2.45) is 0 Å². The molecule has 0 aromatic heterocycles. The van der Waals surface area contributed by atoms with Crippen molar-refractivity contribution >= 4 is 25.4 Å². The van der Waals surface area contributed by atoms with Crippen LogP contribution in [-0.4, -0.2) is 32.5 Å². The van der Waals surface area contributed by atoms with Gasteiger partial charge in [-0.15, -0.1) is 0 Å². The molecule has 0 aliphatic rings. The van der Waals surface area contributed by atoms with Crippen molar-refractivity contribution in [2.75, 3.05) is 7.11 Å². The van der Waals surface area contributed by atoms with Crippen LogP contribution in [-0.2, 0) is 25.5 Å². The van der Waals surface area contributed by atoms with Crippen LogP contribution in [0.1, 0.15) is 45.2 Å². The number of hydrogen-bond acceptors (Lipinski definition) is 3. The van der Waals surface area contributed by atoms with Crippen molar-refractivity contribution < 1.29 is 12.7 Å². The molecule has 1 rings (SSSR count). The summed E-state index contributed by atoms with van der Waals surface area (Å²) >= 11 is 0. The summed E-state index contributed by atoms with van der Waals surface area (Å²) in [6.07, 6.45) is 3.54. The molecular formula is C21H46O3Si3. The van der Waals surface area contributed by atoms with Crippen LogP contribution in [0, 0.1) is 0 Å². The fourth-order valence-corrected chi connectivity index (χ4v) is 13.9. The van der Waals surface area contributed by atoms with Gasteiger partial charge >= 0.3 is 17.1 Å². The minimum atomic E-state index is -2.00. The molecule has 0 aliphatic carbocycles. The Hall–Kier alpha value is -0.249. The maximum Gasteiger partial charge on any atom is 0.322 e. The summed E-state index contributed by atoms with van der Waals surface area (Å²) in [6, 6.07) is 8.83. The van der Waals surface area contributed by atoms with Crippen molar-refractivity contribution in [1.82, 2.24) is 0 Å². The fourth-order valence-electron chi connectivity index (χ4n) is 2.40. The van der Waals surface area contributed by atoms with Crippen molar-refractivity contribution in [1.29, 1.82) is 0 Å². The molecular weight excluding hydrogens is 384 g/mol. The lowest BCUT2D eigenvalue weighted by Gasteiger charge is -2.36. The molecule has 0 aliphatic heterocycles. The zero-order valence-electron chi connectivity index (χ0n) is 20.2. The topological polar surface area (TPSA) is 27.7 Å². The predicted molar refractivity (Wildman–Crippen MR) is 129 cm³/mol. The zero-order valence-corrected chi connectivity index (χ0v) is 23.2. The third-order valence-corrected chi connectivity index (χ3v) is 12.7. The van der Waals surface area contributed by atoms with Gasteiger partial charge in [0.1, 0.15) is 0 Å². The Kier molecular flexibility index (Phi) is 14.9. The summed E-state index contributed by atoms with van der Waals surface area (Å²) in [7, 11) is -3.74. The standard InChI is InChI=1S/C10H14.C8H24O3Si3.C3H8/c1-3-9-5-7-10(4-2)8-6-9;1-9-13(5,6)11-14(7,8)10-12(2,3)4;1-3-2/h5-8H,3-4H2,1-2H3;1-8H3;3H2,1-2H3. The minimum Gasteiger partial charge on any atom is -0.437 e. The summed E-state index contributed by atoms with van der Waals surface area (Å²) < 4.78 is 17.5. The number of aryl methyl sites for hydroxylation is 2. The first-order valence-corrected chi connectivity index (χ1v) is 19.3. The van der Waals surface area contributed by atoms with Crippen LogP contribution in [0.4, 0.5) is 0 Å².